The Bertz CT molecular complexity index is 2060. The molecule has 3 aromatic carbocycles. The molecular weight excluding hydrogens is 630 g/mol. The van der Waals surface area contributed by atoms with E-state index < -0.39 is 6.04 Å². The fourth-order valence-corrected chi connectivity index (χ4v) is 6.97. The van der Waals surface area contributed by atoms with Gasteiger partial charge in [-0.25, -0.2) is 4.98 Å². The van der Waals surface area contributed by atoms with Gasteiger partial charge in [-0.1, -0.05) is 24.3 Å². The smallest absolute Gasteiger partial charge is 0.226 e. The lowest BCUT2D eigenvalue weighted by atomic mass is 9.95. The first-order valence-corrected chi connectivity index (χ1v) is 16.5. The minimum absolute atomic E-state index is 0.157. The number of rotatable bonds is 11. The van der Waals surface area contributed by atoms with E-state index in [0.29, 0.717) is 59.4 Å². The van der Waals surface area contributed by atoms with Gasteiger partial charge in [-0.15, -0.1) is 11.3 Å². The van der Waals surface area contributed by atoms with Crippen molar-refractivity contribution in [1.29, 1.82) is 0 Å². The van der Waals surface area contributed by atoms with Gasteiger partial charge < -0.3 is 35.1 Å². The Kier molecular flexibility index (Phi) is 9.62. The Morgan fingerprint density at radius 2 is 1.83 bits per heavy atom. The average molecular weight is 668 g/mol. The molecule has 0 saturated heterocycles. The van der Waals surface area contributed by atoms with E-state index in [4.69, 9.17) is 14.2 Å². The number of fused-ring (bicyclic) bond motifs is 4. The standard InChI is InChI=1S/C36H37N5O6S/c1-20(42)39-27-13-11-21-16-31(45-2)34(46-3)35(47-4)33(21)23-12-14-28(30(43)17-24(23)27)37-15-7-10-32(44)41-36-40-29(19-48-36)25-18-38-26-9-6-5-8-22(25)26/h5-6,8-9,12,14,16-19,27,38H,7,10-11,13,15H2,1-4H3,(H,37,43)(H,39,42)(H,40,41,44)/t27-/m1/s1. The normalized spacial score (nSPS) is 13.5. The molecule has 0 bridgehead atoms. The van der Waals surface area contributed by atoms with E-state index in [0.717, 1.165) is 38.9 Å². The molecule has 6 rings (SSSR count). The van der Waals surface area contributed by atoms with Crippen molar-refractivity contribution in [2.45, 2.75) is 38.6 Å². The number of thiazole rings is 1. The van der Waals surface area contributed by atoms with Gasteiger partial charge >= 0.3 is 0 Å². The Hall–Kier alpha value is -5.36. The molecule has 0 spiro atoms. The number of para-hydroxylation sites is 1. The maximum absolute atomic E-state index is 13.5. The van der Waals surface area contributed by atoms with Crippen LogP contribution in [0, 0.1) is 0 Å². The molecule has 0 fully saturated rings. The van der Waals surface area contributed by atoms with Crippen molar-refractivity contribution in [2.75, 3.05) is 38.5 Å². The monoisotopic (exact) mass is 667 g/mol. The summed E-state index contributed by atoms with van der Waals surface area (Å²) in [4.78, 5) is 46.4. The average Bonchev–Trinajstić information content (AvgIpc) is 3.65. The SMILES string of the molecule is COc1cc2c(c(OC)c1OC)-c1ccc(NCCCC(=O)Nc3nc(-c4c[nH]c5ccccc45)cs3)c(=O)cc1[C@H](NC(C)=O)CC2. The van der Waals surface area contributed by atoms with Crippen molar-refractivity contribution >= 4 is 44.9 Å². The number of aryl methyl sites for hydroxylation is 1. The third-order valence-corrected chi connectivity index (χ3v) is 9.19. The van der Waals surface area contributed by atoms with Gasteiger partial charge in [0.2, 0.25) is 23.0 Å². The van der Waals surface area contributed by atoms with Crippen molar-refractivity contribution in [2.24, 2.45) is 0 Å². The molecule has 0 radical (unpaired) electrons. The number of hydrogen-bond acceptors (Lipinski definition) is 9. The summed E-state index contributed by atoms with van der Waals surface area (Å²) in [6.45, 7) is 1.86. The van der Waals surface area contributed by atoms with Crippen molar-refractivity contribution in [3.05, 3.63) is 81.5 Å². The van der Waals surface area contributed by atoms with Gasteiger partial charge in [0, 0.05) is 53.5 Å². The predicted octanol–water partition coefficient (Wildman–Crippen LogP) is 6.30. The van der Waals surface area contributed by atoms with E-state index in [1.807, 2.05) is 48.0 Å². The van der Waals surface area contributed by atoms with Crippen LogP contribution < -0.4 is 35.6 Å². The van der Waals surface area contributed by atoms with Crippen LogP contribution in [0.1, 0.15) is 43.4 Å². The Labute approximate surface area is 281 Å². The van der Waals surface area contributed by atoms with E-state index in [2.05, 4.69) is 25.9 Å². The molecule has 48 heavy (non-hydrogen) atoms. The molecule has 2 amide bonds. The lowest BCUT2D eigenvalue weighted by Crippen LogP contribution is -2.26. The molecule has 248 valence electrons. The number of carbonyl (C=O) groups is 2. The number of anilines is 2. The predicted molar refractivity (Wildman–Crippen MR) is 188 cm³/mol. The van der Waals surface area contributed by atoms with Crippen LogP contribution in [0.2, 0.25) is 0 Å². The van der Waals surface area contributed by atoms with Crippen LogP contribution in [-0.4, -0.2) is 49.7 Å². The molecule has 0 aliphatic heterocycles. The van der Waals surface area contributed by atoms with Crippen LogP contribution in [-0.2, 0) is 16.0 Å². The molecule has 2 heterocycles. The van der Waals surface area contributed by atoms with E-state index in [1.165, 1.54) is 18.3 Å². The number of aromatic amines is 1. The zero-order chi connectivity index (χ0) is 33.8. The Balaban J connectivity index is 1.18. The third kappa shape index (κ3) is 6.56. The Morgan fingerprint density at radius 3 is 2.60 bits per heavy atom. The summed E-state index contributed by atoms with van der Waals surface area (Å²) in [7, 11) is 4.68. The molecule has 1 aliphatic rings. The Morgan fingerprint density at radius 1 is 1.02 bits per heavy atom. The van der Waals surface area contributed by atoms with Gasteiger partial charge in [0.1, 0.15) is 0 Å². The zero-order valence-corrected chi connectivity index (χ0v) is 28.0. The van der Waals surface area contributed by atoms with Crippen molar-refractivity contribution in [3.63, 3.8) is 0 Å². The summed E-state index contributed by atoms with van der Waals surface area (Å²) in [6, 6.07) is 14.7. The zero-order valence-electron chi connectivity index (χ0n) is 27.2. The number of benzene rings is 2. The number of ether oxygens (including phenoxy) is 3. The maximum Gasteiger partial charge on any atom is 0.226 e. The molecule has 0 saturated carbocycles. The third-order valence-electron chi connectivity index (χ3n) is 8.43. The second-order valence-corrected chi connectivity index (χ2v) is 12.3. The van der Waals surface area contributed by atoms with Crippen molar-refractivity contribution in [1.82, 2.24) is 15.3 Å². The molecule has 11 nitrogen and oxygen atoms in total. The van der Waals surface area contributed by atoms with Crippen LogP contribution in [0.4, 0.5) is 10.8 Å². The maximum atomic E-state index is 13.5. The van der Waals surface area contributed by atoms with Crippen LogP contribution in [0.25, 0.3) is 33.3 Å². The van der Waals surface area contributed by atoms with Gasteiger partial charge in [0.05, 0.1) is 38.8 Å². The number of nitrogens with one attached hydrogen (secondary N) is 4. The van der Waals surface area contributed by atoms with Gasteiger partial charge in [0.15, 0.2) is 16.6 Å². The fourth-order valence-electron chi connectivity index (χ4n) is 6.25. The number of amides is 2. The molecule has 2 aromatic heterocycles. The van der Waals surface area contributed by atoms with Crippen LogP contribution in [0.15, 0.2) is 64.9 Å². The number of aromatic nitrogens is 2. The molecule has 0 unspecified atom stereocenters. The fraction of sp³-hybridized carbons (Fsp3) is 0.278. The van der Waals surface area contributed by atoms with Crippen LogP contribution in [0.3, 0.4) is 0 Å². The quantitative estimate of drug-likeness (QED) is 0.120. The van der Waals surface area contributed by atoms with Crippen molar-refractivity contribution in [3.8, 4) is 39.6 Å². The first-order valence-electron chi connectivity index (χ1n) is 15.6. The minimum Gasteiger partial charge on any atom is -0.493 e. The summed E-state index contributed by atoms with van der Waals surface area (Å²) < 4.78 is 17.1. The van der Waals surface area contributed by atoms with Gasteiger partial charge in [0.25, 0.3) is 0 Å². The second-order valence-electron chi connectivity index (χ2n) is 11.5. The summed E-state index contributed by atoms with van der Waals surface area (Å²) in [5.74, 6) is 1.12. The van der Waals surface area contributed by atoms with Gasteiger partial charge in [-0.3, -0.25) is 14.4 Å². The highest BCUT2D eigenvalue weighted by atomic mass is 32.1. The molecule has 1 aliphatic carbocycles. The molecule has 12 heteroatoms. The summed E-state index contributed by atoms with van der Waals surface area (Å²) >= 11 is 1.38. The highest BCUT2D eigenvalue weighted by Gasteiger charge is 2.29. The van der Waals surface area contributed by atoms with E-state index in [9.17, 15) is 14.4 Å². The summed E-state index contributed by atoms with van der Waals surface area (Å²) in [6.07, 6.45) is 3.85. The van der Waals surface area contributed by atoms with E-state index >= 15 is 0 Å². The molecular formula is C36H37N5O6S. The highest BCUT2D eigenvalue weighted by Crippen LogP contribution is 2.50. The number of carbonyl (C=O) groups excluding carboxylic acids is 2. The lowest BCUT2D eigenvalue weighted by molar-refractivity contribution is -0.119. The van der Waals surface area contributed by atoms with Gasteiger partial charge in [-0.05, 0) is 60.2 Å². The van der Waals surface area contributed by atoms with E-state index in [1.54, 1.807) is 33.5 Å². The number of methoxy groups -OCH3 is 3. The second kappa shape index (κ2) is 14.2. The molecule has 5 aromatic rings. The topological polar surface area (TPSA) is 144 Å². The first kappa shape index (κ1) is 32.6. The minimum atomic E-state index is -0.398. The molecule has 1 atom stereocenters. The highest BCUT2D eigenvalue weighted by molar-refractivity contribution is 7.14. The van der Waals surface area contributed by atoms with Crippen LogP contribution in [0.5, 0.6) is 17.2 Å². The summed E-state index contributed by atoms with van der Waals surface area (Å²) in [5, 5.41) is 12.7. The summed E-state index contributed by atoms with van der Waals surface area (Å²) in [5.41, 5.74) is 6.13. The number of hydrogen-bond donors (Lipinski definition) is 4. The largest absolute Gasteiger partial charge is 0.493 e. The van der Waals surface area contributed by atoms with E-state index in [-0.39, 0.29) is 23.7 Å². The van der Waals surface area contributed by atoms with Gasteiger partial charge in [-0.2, -0.15) is 0 Å². The lowest BCUT2D eigenvalue weighted by Gasteiger charge is -2.19. The number of nitrogens with zero attached hydrogens (tertiary/aromatic N) is 1. The first-order chi connectivity index (χ1) is 23.3. The van der Waals surface area contributed by atoms with Crippen LogP contribution >= 0.6 is 11.3 Å². The van der Waals surface area contributed by atoms with Crippen molar-refractivity contribution < 1.29 is 23.8 Å². The molecule has 4 N–H and O–H groups in total. The number of H-pyrrole nitrogens is 1.